The van der Waals surface area contributed by atoms with Gasteiger partial charge in [-0.3, -0.25) is 4.79 Å². The lowest BCUT2D eigenvalue weighted by Crippen LogP contribution is -2.41. The second-order valence-electron chi connectivity index (χ2n) is 4.54. The SMILES string of the molecule is COc1ccc2nc(NC3CCC(=O)NC3)sc2c1. The maximum Gasteiger partial charge on any atom is 0.220 e. The zero-order valence-corrected chi connectivity index (χ0v) is 11.4. The number of rotatable bonds is 3. The molecule has 3 rings (SSSR count). The van der Waals surface area contributed by atoms with Crippen molar-refractivity contribution in [1.29, 1.82) is 0 Å². The zero-order chi connectivity index (χ0) is 13.2. The van der Waals surface area contributed by atoms with Crippen molar-refractivity contribution in [2.45, 2.75) is 18.9 Å². The third-order valence-corrected chi connectivity index (χ3v) is 4.14. The van der Waals surface area contributed by atoms with Crippen LogP contribution < -0.4 is 15.4 Å². The van der Waals surface area contributed by atoms with E-state index in [0.29, 0.717) is 13.0 Å². The van der Waals surface area contributed by atoms with Gasteiger partial charge >= 0.3 is 0 Å². The summed E-state index contributed by atoms with van der Waals surface area (Å²) in [6.07, 6.45) is 1.43. The number of nitrogens with one attached hydrogen (secondary N) is 2. The highest BCUT2D eigenvalue weighted by Gasteiger charge is 2.18. The number of benzene rings is 1. The molecular weight excluding hydrogens is 262 g/mol. The Morgan fingerprint density at radius 2 is 2.42 bits per heavy atom. The highest BCUT2D eigenvalue weighted by Crippen LogP contribution is 2.29. The molecule has 1 fully saturated rings. The number of aromatic nitrogens is 1. The van der Waals surface area contributed by atoms with E-state index in [4.69, 9.17) is 4.74 Å². The Kier molecular flexibility index (Phi) is 3.25. The summed E-state index contributed by atoms with van der Waals surface area (Å²) < 4.78 is 6.30. The van der Waals surface area contributed by atoms with Crippen LogP contribution in [-0.4, -0.2) is 30.6 Å². The summed E-state index contributed by atoms with van der Waals surface area (Å²) in [4.78, 5) is 15.6. The number of anilines is 1. The zero-order valence-electron chi connectivity index (χ0n) is 10.6. The summed E-state index contributed by atoms with van der Waals surface area (Å²) in [5, 5.41) is 7.13. The molecule has 1 saturated heterocycles. The van der Waals surface area contributed by atoms with Gasteiger partial charge in [0.05, 0.1) is 17.3 Å². The molecule has 0 aliphatic carbocycles. The molecular formula is C13H15N3O2S. The van der Waals surface area contributed by atoms with Gasteiger partial charge in [0.1, 0.15) is 5.75 Å². The fourth-order valence-electron chi connectivity index (χ4n) is 2.12. The molecule has 0 radical (unpaired) electrons. The van der Waals surface area contributed by atoms with Gasteiger partial charge in [0.25, 0.3) is 0 Å². The van der Waals surface area contributed by atoms with Crippen LogP contribution in [0.25, 0.3) is 10.2 Å². The lowest BCUT2D eigenvalue weighted by atomic mass is 10.1. The normalized spacial score (nSPS) is 19.2. The molecule has 19 heavy (non-hydrogen) atoms. The van der Waals surface area contributed by atoms with Crippen LogP contribution >= 0.6 is 11.3 Å². The first-order valence-corrected chi connectivity index (χ1v) is 7.04. The molecule has 6 heteroatoms. The van der Waals surface area contributed by atoms with Crippen molar-refractivity contribution < 1.29 is 9.53 Å². The Balaban J connectivity index is 1.76. The quantitative estimate of drug-likeness (QED) is 0.900. The van der Waals surface area contributed by atoms with E-state index in [2.05, 4.69) is 15.6 Å². The smallest absolute Gasteiger partial charge is 0.220 e. The minimum Gasteiger partial charge on any atom is -0.497 e. The third-order valence-electron chi connectivity index (χ3n) is 3.19. The van der Waals surface area contributed by atoms with Gasteiger partial charge < -0.3 is 15.4 Å². The van der Waals surface area contributed by atoms with Crippen molar-refractivity contribution in [3.05, 3.63) is 18.2 Å². The van der Waals surface area contributed by atoms with E-state index < -0.39 is 0 Å². The third kappa shape index (κ3) is 2.63. The van der Waals surface area contributed by atoms with Gasteiger partial charge in [0, 0.05) is 19.0 Å². The van der Waals surface area contributed by atoms with Gasteiger partial charge in [-0.15, -0.1) is 0 Å². The van der Waals surface area contributed by atoms with Crippen LogP contribution in [0.3, 0.4) is 0 Å². The second kappa shape index (κ2) is 5.05. The minimum atomic E-state index is 0.132. The van der Waals surface area contributed by atoms with E-state index in [1.54, 1.807) is 18.4 Å². The van der Waals surface area contributed by atoms with Gasteiger partial charge in [-0.2, -0.15) is 0 Å². The number of methoxy groups -OCH3 is 1. The number of hydrogen-bond donors (Lipinski definition) is 2. The van der Waals surface area contributed by atoms with Gasteiger partial charge in [0.15, 0.2) is 5.13 Å². The number of thiazole rings is 1. The van der Waals surface area contributed by atoms with E-state index in [1.807, 2.05) is 18.2 Å². The lowest BCUT2D eigenvalue weighted by Gasteiger charge is -2.22. The molecule has 0 spiro atoms. The molecule has 1 unspecified atom stereocenters. The Hall–Kier alpha value is -1.82. The molecule has 100 valence electrons. The number of amides is 1. The summed E-state index contributed by atoms with van der Waals surface area (Å²) in [5.74, 6) is 0.972. The lowest BCUT2D eigenvalue weighted by molar-refractivity contribution is -0.122. The van der Waals surface area contributed by atoms with Crippen molar-refractivity contribution in [3.8, 4) is 5.75 Å². The molecule has 1 aliphatic heterocycles. The van der Waals surface area contributed by atoms with Crippen molar-refractivity contribution in [1.82, 2.24) is 10.3 Å². The number of carbonyl (C=O) groups is 1. The van der Waals surface area contributed by atoms with Crippen molar-refractivity contribution in [2.24, 2.45) is 0 Å². The molecule has 0 bridgehead atoms. The molecule has 0 saturated carbocycles. The van der Waals surface area contributed by atoms with E-state index in [-0.39, 0.29) is 11.9 Å². The first kappa shape index (κ1) is 12.2. The summed E-state index contributed by atoms with van der Waals surface area (Å²) in [6, 6.07) is 6.12. The van der Waals surface area contributed by atoms with Crippen LogP contribution in [0.1, 0.15) is 12.8 Å². The predicted octanol–water partition coefficient (Wildman–Crippen LogP) is 2.00. The molecule has 1 aromatic carbocycles. The Morgan fingerprint density at radius 3 is 3.16 bits per heavy atom. The van der Waals surface area contributed by atoms with Gasteiger partial charge in [-0.05, 0) is 24.6 Å². The summed E-state index contributed by atoms with van der Waals surface area (Å²) >= 11 is 1.61. The average molecular weight is 277 g/mol. The number of fused-ring (bicyclic) bond motifs is 1. The number of piperidine rings is 1. The summed E-state index contributed by atoms with van der Waals surface area (Å²) in [7, 11) is 1.66. The molecule has 2 heterocycles. The largest absolute Gasteiger partial charge is 0.497 e. The number of hydrogen-bond acceptors (Lipinski definition) is 5. The molecule has 1 amide bonds. The molecule has 1 aliphatic rings. The fourth-order valence-corrected chi connectivity index (χ4v) is 3.10. The maximum atomic E-state index is 11.1. The van der Waals surface area contributed by atoms with E-state index >= 15 is 0 Å². The molecule has 1 aromatic heterocycles. The summed E-state index contributed by atoms with van der Waals surface area (Å²) in [5.41, 5.74) is 0.966. The molecule has 5 nitrogen and oxygen atoms in total. The van der Waals surface area contributed by atoms with Crippen molar-refractivity contribution in [3.63, 3.8) is 0 Å². The fraction of sp³-hybridized carbons (Fsp3) is 0.385. The second-order valence-corrected chi connectivity index (χ2v) is 5.57. The van der Waals surface area contributed by atoms with Crippen LogP contribution in [0.15, 0.2) is 18.2 Å². The molecule has 2 N–H and O–H groups in total. The molecule has 1 atom stereocenters. The van der Waals surface area contributed by atoms with E-state index in [0.717, 1.165) is 27.5 Å². The van der Waals surface area contributed by atoms with Crippen molar-refractivity contribution >= 4 is 32.6 Å². The standard InChI is InChI=1S/C13H15N3O2S/c1-18-9-3-4-10-11(6-9)19-13(16-10)15-8-2-5-12(17)14-7-8/h3-4,6,8H,2,5,7H2,1H3,(H,14,17)(H,15,16). The van der Waals surface area contributed by atoms with Crippen LogP contribution in [0.2, 0.25) is 0 Å². The maximum absolute atomic E-state index is 11.1. The Labute approximate surface area is 115 Å². The summed E-state index contributed by atoms with van der Waals surface area (Å²) in [6.45, 7) is 0.665. The van der Waals surface area contributed by atoms with Gasteiger partial charge in [0.2, 0.25) is 5.91 Å². The van der Waals surface area contributed by atoms with E-state index in [9.17, 15) is 4.79 Å². The first-order chi connectivity index (χ1) is 9.24. The van der Waals surface area contributed by atoms with Gasteiger partial charge in [-0.1, -0.05) is 11.3 Å². The number of ether oxygens (including phenoxy) is 1. The Bertz CT molecular complexity index is 601. The topological polar surface area (TPSA) is 63.2 Å². The highest BCUT2D eigenvalue weighted by molar-refractivity contribution is 7.22. The number of nitrogens with zero attached hydrogens (tertiary/aromatic N) is 1. The Morgan fingerprint density at radius 1 is 1.53 bits per heavy atom. The van der Waals surface area contributed by atoms with Crippen LogP contribution in [0.5, 0.6) is 5.75 Å². The van der Waals surface area contributed by atoms with Crippen LogP contribution in [0.4, 0.5) is 5.13 Å². The highest BCUT2D eigenvalue weighted by atomic mass is 32.1. The van der Waals surface area contributed by atoms with Crippen LogP contribution in [0, 0.1) is 0 Å². The first-order valence-electron chi connectivity index (χ1n) is 6.22. The number of carbonyl (C=O) groups excluding carboxylic acids is 1. The van der Waals surface area contributed by atoms with Crippen LogP contribution in [-0.2, 0) is 4.79 Å². The minimum absolute atomic E-state index is 0.132. The van der Waals surface area contributed by atoms with Crippen molar-refractivity contribution in [2.75, 3.05) is 19.0 Å². The monoisotopic (exact) mass is 277 g/mol. The molecule has 2 aromatic rings. The predicted molar refractivity (Wildman–Crippen MR) is 75.8 cm³/mol. The van der Waals surface area contributed by atoms with Gasteiger partial charge in [-0.25, -0.2) is 4.98 Å². The average Bonchev–Trinajstić information content (AvgIpc) is 2.82. The van der Waals surface area contributed by atoms with E-state index in [1.165, 1.54) is 0 Å².